The van der Waals surface area contributed by atoms with Crippen LogP contribution in [0.15, 0.2) is 10.1 Å². The fraction of sp³-hybridized carbons (Fsp3) is 0.500. The Morgan fingerprint density at radius 1 is 1.67 bits per heavy atom. The number of rotatable bonds is 1. The molecule has 0 amide bonds. The molecule has 68 valence electrons. The second-order valence-corrected chi connectivity index (χ2v) is 4.93. The van der Waals surface area contributed by atoms with E-state index in [-0.39, 0.29) is 17.9 Å². The molecule has 0 unspecified atom stereocenters. The Morgan fingerprint density at radius 3 is 2.67 bits per heavy atom. The number of aromatic nitrogens is 1. The third-order valence-electron chi connectivity index (χ3n) is 1.69. The Hall–Kier alpha value is 0.320. The lowest BCUT2D eigenvalue weighted by atomic mass is 9.98. The van der Waals surface area contributed by atoms with Gasteiger partial charge in [-0.25, -0.2) is 4.98 Å². The Labute approximate surface area is 88.9 Å². The third-order valence-corrected chi connectivity index (χ3v) is 3.38. The molecule has 3 nitrogen and oxygen atoms in total. The van der Waals surface area contributed by atoms with E-state index < -0.39 is 0 Å². The monoisotopic (exact) mass is 270 g/mol. The molecular weight excluding hydrogens is 264 g/mol. The van der Waals surface area contributed by atoms with Crippen molar-refractivity contribution < 1.29 is 4.74 Å². The van der Waals surface area contributed by atoms with E-state index in [0.29, 0.717) is 13.2 Å². The summed E-state index contributed by atoms with van der Waals surface area (Å²) in [5.41, 5.74) is 5.70. The normalized spacial score (nSPS) is 19.5. The van der Waals surface area contributed by atoms with Gasteiger partial charge in [-0.05, 0) is 15.9 Å². The van der Waals surface area contributed by atoms with Gasteiger partial charge in [-0.15, -0.1) is 23.7 Å². The van der Waals surface area contributed by atoms with E-state index in [0.717, 1.165) is 8.79 Å². The Balaban J connectivity index is 0.000000720. The maximum absolute atomic E-state index is 5.96. The van der Waals surface area contributed by atoms with Crippen molar-refractivity contribution in [3.63, 3.8) is 0 Å². The molecule has 0 radical (unpaired) electrons. The second kappa shape index (κ2) is 3.59. The van der Waals surface area contributed by atoms with Crippen molar-refractivity contribution in [3.05, 3.63) is 15.0 Å². The first-order chi connectivity index (χ1) is 5.21. The van der Waals surface area contributed by atoms with Gasteiger partial charge in [-0.1, -0.05) is 0 Å². The summed E-state index contributed by atoms with van der Waals surface area (Å²) in [6.07, 6.45) is 1.80. The van der Waals surface area contributed by atoms with E-state index in [9.17, 15) is 0 Å². The van der Waals surface area contributed by atoms with Gasteiger partial charge in [-0.2, -0.15) is 0 Å². The van der Waals surface area contributed by atoms with Crippen molar-refractivity contribution in [1.29, 1.82) is 0 Å². The molecule has 1 aliphatic rings. The number of nitrogens with zero attached hydrogens (tertiary/aromatic N) is 1. The zero-order chi connectivity index (χ0) is 7.90. The standard InChI is InChI=1S/C6H7BrN2OS.ClH/c7-5-9-1-4(11-5)6(8)2-10-3-6;/h1H,2-3,8H2;1H. The minimum atomic E-state index is -0.260. The van der Waals surface area contributed by atoms with Crippen LogP contribution in [0.2, 0.25) is 0 Å². The van der Waals surface area contributed by atoms with E-state index in [4.69, 9.17) is 10.5 Å². The zero-order valence-corrected chi connectivity index (χ0v) is 9.34. The molecule has 0 atom stereocenters. The van der Waals surface area contributed by atoms with Crippen molar-refractivity contribution in [3.8, 4) is 0 Å². The largest absolute Gasteiger partial charge is 0.377 e. The van der Waals surface area contributed by atoms with Gasteiger partial charge in [0.2, 0.25) is 0 Å². The summed E-state index contributed by atoms with van der Waals surface area (Å²) in [5.74, 6) is 0. The van der Waals surface area contributed by atoms with Gasteiger partial charge < -0.3 is 10.5 Å². The van der Waals surface area contributed by atoms with Gasteiger partial charge in [0.15, 0.2) is 3.92 Å². The smallest absolute Gasteiger partial charge is 0.159 e. The molecule has 1 fully saturated rings. The number of nitrogens with two attached hydrogens (primary N) is 1. The molecule has 1 aliphatic heterocycles. The van der Waals surface area contributed by atoms with Crippen molar-refractivity contribution in [1.82, 2.24) is 4.98 Å². The number of hydrogen-bond acceptors (Lipinski definition) is 4. The minimum Gasteiger partial charge on any atom is -0.377 e. The molecular formula is C6H8BrClN2OS. The molecule has 1 aromatic heterocycles. The molecule has 0 saturated carbocycles. The van der Waals surface area contributed by atoms with E-state index in [1.165, 1.54) is 0 Å². The van der Waals surface area contributed by atoms with Gasteiger partial charge in [0.05, 0.1) is 23.6 Å². The van der Waals surface area contributed by atoms with Crippen molar-refractivity contribution in [2.45, 2.75) is 5.54 Å². The van der Waals surface area contributed by atoms with Crippen LogP contribution in [0.5, 0.6) is 0 Å². The predicted molar refractivity (Wildman–Crippen MR) is 53.7 cm³/mol. The van der Waals surface area contributed by atoms with Gasteiger partial charge in [0, 0.05) is 6.20 Å². The van der Waals surface area contributed by atoms with Crippen LogP contribution in [0.3, 0.4) is 0 Å². The van der Waals surface area contributed by atoms with Crippen LogP contribution in [0, 0.1) is 0 Å². The molecule has 6 heteroatoms. The summed E-state index contributed by atoms with van der Waals surface area (Å²) < 4.78 is 5.92. The summed E-state index contributed by atoms with van der Waals surface area (Å²) in [7, 11) is 0. The average Bonchev–Trinajstić information content (AvgIpc) is 2.31. The van der Waals surface area contributed by atoms with E-state index >= 15 is 0 Å². The first-order valence-corrected chi connectivity index (χ1v) is 4.80. The quantitative estimate of drug-likeness (QED) is 0.842. The van der Waals surface area contributed by atoms with Crippen molar-refractivity contribution in [2.75, 3.05) is 13.2 Å². The topological polar surface area (TPSA) is 48.1 Å². The highest BCUT2D eigenvalue weighted by Crippen LogP contribution is 2.32. The van der Waals surface area contributed by atoms with Crippen LogP contribution in [0.1, 0.15) is 4.88 Å². The van der Waals surface area contributed by atoms with Crippen LogP contribution in [-0.2, 0) is 10.3 Å². The van der Waals surface area contributed by atoms with E-state index in [1.54, 1.807) is 17.5 Å². The molecule has 12 heavy (non-hydrogen) atoms. The molecule has 0 aliphatic carbocycles. The first kappa shape index (κ1) is 10.4. The molecule has 0 bridgehead atoms. The number of halogens is 2. The Bertz CT molecular complexity index is 276. The SMILES string of the molecule is Cl.NC1(c2cnc(Br)s2)COC1. The first-order valence-electron chi connectivity index (χ1n) is 3.19. The minimum absolute atomic E-state index is 0. The van der Waals surface area contributed by atoms with Gasteiger partial charge in [0.25, 0.3) is 0 Å². The molecule has 1 aromatic rings. The fourth-order valence-electron chi connectivity index (χ4n) is 0.947. The van der Waals surface area contributed by atoms with Crippen LogP contribution in [0.4, 0.5) is 0 Å². The maximum atomic E-state index is 5.96. The molecule has 2 heterocycles. The molecule has 1 saturated heterocycles. The summed E-state index contributed by atoms with van der Waals surface area (Å²) in [6, 6.07) is 0. The summed E-state index contributed by atoms with van der Waals surface area (Å²) in [6.45, 7) is 1.23. The average molecular weight is 272 g/mol. The van der Waals surface area contributed by atoms with Crippen molar-refractivity contribution >= 4 is 39.7 Å². The lowest BCUT2D eigenvalue weighted by Gasteiger charge is -2.36. The number of thiazole rings is 1. The fourth-order valence-corrected chi connectivity index (χ4v) is 2.29. The summed E-state index contributed by atoms with van der Waals surface area (Å²) in [5, 5.41) is 0. The van der Waals surface area contributed by atoms with Gasteiger partial charge >= 0.3 is 0 Å². The number of ether oxygens (including phenoxy) is 1. The van der Waals surface area contributed by atoms with Crippen LogP contribution >= 0.6 is 39.7 Å². The highest BCUT2D eigenvalue weighted by Gasteiger charge is 2.37. The Kier molecular flexibility index (Phi) is 3.11. The van der Waals surface area contributed by atoms with Crippen LogP contribution in [0.25, 0.3) is 0 Å². The zero-order valence-electron chi connectivity index (χ0n) is 6.12. The van der Waals surface area contributed by atoms with Crippen LogP contribution < -0.4 is 5.73 Å². The predicted octanol–water partition coefficient (Wildman–Crippen LogP) is 1.51. The van der Waals surface area contributed by atoms with E-state index in [2.05, 4.69) is 20.9 Å². The highest BCUT2D eigenvalue weighted by atomic mass is 79.9. The van der Waals surface area contributed by atoms with Gasteiger partial charge in [-0.3, -0.25) is 0 Å². The van der Waals surface area contributed by atoms with Gasteiger partial charge in [0.1, 0.15) is 0 Å². The second-order valence-electron chi connectivity index (χ2n) is 2.63. The summed E-state index contributed by atoms with van der Waals surface area (Å²) in [4.78, 5) is 5.16. The van der Waals surface area contributed by atoms with Crippen molar-refractivity contribution in [2.24, 2.45) is 5.73 Å². The maximum Gasteiger partial charge on any atom is 0.159 e. The van der Waals surface area contributed by atoms with Crippen LogP contribution in [-0.4, -0.2) is 18.2 Å². The van der Waals surface area contributed by atoms with E-state index in [1.807, 2.05) is 0 Å². The lowest BCUT2D eigenvalue weighted by molar-refractivity contribution is -0.0551. The molecule has 2 rings (SSSR count). The molecule has 0 spiro atoms. The highest BCUT2D eigenvalue weighted by molar-refractivity contribution is 9.11. The Morgan fingerprint density at radius 2 is 2.33 bits per heavy atom. The summed E-state index contributed by atoms with van der Waals surface area (Å²) >= 11 is 4.86. The lowest BCUT2D eigenvalue weighted by Crippen LogP contribution is -2.53. The molecule has 0 aromatic carbocycles. The third kappa shape index (κ3) is 1.65. The number of hydrogen-bond donors (Lipinski definition) is 1. The molecule has 2 N–H and O–H groups in total.